The summed E-state index contributed by atoms with van der Waals surface area (Å²) in [7, 11) is 0. The number of aliphatic hydroxyl groups excluding tert-OH is 1. The Balaban J connectivity index is 1.25. The van der Waals surface area contributed by atoms with E-state index in [4.69, 9.17) is 21.1 Å². The van der Waals surface area contributed by atoms with Gasteiger partial charge in [0.25, 0.3) is 5.78 Å². The van der Waals surface area contributed by atoms with Crippen molar-refractivity contribution in [1.29, 1.82) is 0 Å². The summed E-state index contributed by atoms with van der Waals surface area (Å²) in [6.07, 6.45) is 0.687. The molecule has 0 bridgehead atoms. The van der Waals surface area contributed by atoms with Crippen molar-refractivity contribution in [3.8, 4) is 11.5 Å². The summed E-state index contributed by atoms with van der Waals surface area (Å²) in [6, 6.07) is 28.8. The molecule has 8 nitrogen and oxygen atoms in total. The Morgan fingerprint density at radius 3 is 2.62 bits per heavy atom. The molecule has 236 valence electrons. The van der Waals surface area contributed by atoms with E-state index < -0.39 is 17.7 Å². The Morgan fingerprint density at radius 1 is 1.00 bits per heavy atom. The Kier molecular flexibility index (Phi) is 8.72. The second-order valence-corrected chi connectivity index (χ2v) is 13.9. The van der Waals surface area contributed by atoms with Crippen molar-refractivity contribution in [3.63, 3.8) is 0 Å². The number of aromatic nitrogens is 2. The van der Waals surface area contributed by atoms with Crippen LogP contribution >= 0.6 is 34.7 Å². The normalized spacial score (nSPS) is 18.3. The summed E-state index contributed by atoms with van der Waals surface area (Å²) in [4.78, 5) is 28.9. The zero-order chi connectivity index (χ0) is 32.5. The summed E-state index contributed by atoms with van der Waals surface area (Å²) in [6.45, 7) is 2.31. The van der Waals surface area contributed by atoms with Crippen molar-refractivity contribution in [3.05, 3.63) is 135 Å². The summed E-state index contributed by atoms with van der Waals surface area (Å²) < 4.78 is 12.6. The highest BCUT2D eigenvalue weighted by molar-refractivity contribution is 8.00. The first-order valence-electron chi connectivity index (χ1n) is 14.9. The quantitative estimate of drug-likeness (QED) is 0.0549. The lowest BCUT2D eigenvalue weighted by Crippen LogP contribution is -2.29. The first-order chi connectivity index (χ1) is 22.8. The number of benzene rings is 4. The highest BCUT2D eigenvalue weighted by Crippen LogP contribution is 2.45. The van der Waals surface area contributed by atoms with Gasteiger partial charge in [-0.15, -0.1) is 10.2 Å². The van der Waals surface area contributed by atoms with E-state index in [1.54, 1.807) is 24.3 Å². The van der Waals surface area contributed by atoms with Gasteiger partial charge in [0.2, 0.25) is 5.13 Å². The van der Waals surface area contributed by atoms with Crippen molar-refractivity contribution in [2.75, 3.05) is 4.90 Å². The van der Waals surface area contributed by atoms with Gasteiger partial charge in [-0.3, -0.25) is 14.5 Å². The van der Waals surface area contributed by atoms with Crippen LogP contribution in [-0.2, 0) is 28.4 Å². The first kappa shape index (κ1) is 31.0. The molecule has 3 heterocycles. The molecular weight excluding hydrogens is 654 g/mol. The van der Waals surface area contributed by atoms with E-state index in [0.29, 0.717) is 45.0 Å². The molecule has 0 unspecified atom stereocenters. The van der Waals surface area contributed by atoms with Crippen LogP contribution in [0.2, 0.25) is 5.02 Å². The maximum absolute atomic E-state index is 13.8. The molecule has 1 N–H and O–H groups in total. The van der Waals surface area contributed by atoms with Crippen LogP contribution in [0.5, 0.6) is 11.5 Å². The topological polar surface area (TPSA) is 102 Å². The molecule has 1 saturated heterocycles. The van der Waals surface area contributed by atoms with Gasteiger partial charge in [-0.1, -0.05) is 89.3 Å². The van der Waals surface area contributed by atoms with Crippen LogP contribution in [0.25, 0.3) is 5.76 Å². The molecular formula is C36H28ClN3O5S2. The second kappa shape index (κ2) is 13.2. The van der Waals surface area contributed by atoms with Gasteiger partial charge in [0.05, 0.1) is 11.6 Å². The fraction of sp³-hybridized carbons (Fsp3) is 0.167. The van der Waals surface area contributed by atoms with Crippen LogP contribution in [0, 0.1) is 0 Å². The fourth-order valence-electron chi connectivity index (χ4n) is 5.67. The molecule has 4 aromatic carbocycles. The molecule has 5 aromatic rings. The second-order valence-electron chi connectivity index (χ2n) is 11.2. The standard InChI is InChI=1S/C36H28ClN3O5S2/c1-21-16-26-17-25(12-15-29(26)45-21)32(41)30-31(24-8-5-9-28(18-24)44-19-22-6-3-2-4-7-22)40(34(43)33(30)42)35-38-39-36(47-35)46-20-23-10-13-27(37)14-11-23/h2-15,17-18,21,31,41H,16,19-20H2,1H3/b32-30+/t21-,31-/m1/s1. The Hall–Kier alpha value is -4.64. The van der Waals surface area contributed by atoms with Gasteiger partial charge >= 0.3 is 5.91 Å². The van der Waals surface area contributed by atoms with E-state index in [9.17, 15) is 14.7 Å². The number of halogens is 1. The van der Waals surface area contributed by atoms with Crippen LogP contribution in [0.1, 0.15) is 40.8 Å². The van der Waals surface area contributed by atoms with E-state index >= 15 is 0 Å². The number of thioether (sulfide) groups is 1. The van der Waals surface area contributed by atoms with E-state index in [0.717, 1.165) is 22.4 Å². The summed E-state index contributed by atoms with van der Waals surface area (Å²) in [5.74, 6) is 0.0456. The third kappa shape index (κ3) is 6.49. The molecule has 2 atom stereocenters. The number of hydrogen-bond donors (Lipinski definition) is 1. The number of ether oxygens (including phenoxy) is 2. The van der Waals surface area contributed by atoms with Crippen LogP contribution in [-0.4, -0.2) is 33.1 Å². The third-order valence-corrected chi connectivity index (χ3v) is 10.3. The predicted octanol–water partition coefficient (Wildman–Crippen LogP) is 8.01. The third-order valence-electron chi connectivity index (χ3n) is 7.91. The fourth-order valence-corrected chi connectivity index (χ4v) is 7.62. The van der Waals surface area contributed by atoms with E-state index in [1.165, 1.54) is 28.0 Å². The van der Waals surface area contributed by atoms with Crippen molar-refractivity contribution in [1.82, 2.24) is 10.2 Å². The minimum atomic E-state index is -0.972. The molecule has 1 fully saturated rings. The molecule has 0 spiro atoms. The molecule has 7 rings (SSSR count). The smallest absolute Gasteiger partial charge is 0.301 e. The lowest BCUT2D eigenvalue weighted by molar-refractivity contribution is -0.132. The number of ketones is 1. The minimum Gasteiger partial charge on any atom is -0.507 e. The van der Waals surface area contributed by atoms with Crippen molar-refractivity contribution in [2.24, 2.45) is 0 Å². The molecule has 1 amide bonds. The largest absolute Gasteiger partial charge is 0.507 e. The molecule has 2 aliphatic rings. The van der Waals surface area contributed by atoms with Crippen molar-refractivity contribution < 1.29 is 24.2 Å². The number of amides is 1. The summed E-state index contributed by atoms with van der Waals surface area (Å²) in [5.41, 5.74) is 3.95. The van der Waals surface area contributed by atoms with Gasteiger partial charge in [0.15, 0.2) is 4.34 Å². The van der Waals surface area contributed by atoms with Gasteiger partial charge in [-0.05, 0) is 71.6 Å². The number of fused-ring (bicyclic) bond motifs is 1. The monoisotopic (exact) mass is 681 g/mol. The van der Waals surface area contributed by atoms with E-state index in [1.807, 2.05) is 79.7 Å². The molecule has 0 saturated carbocycles. The maximum atomic E-state index is 13.8. The van der Waals surface area contributed by atoms with Gasteiger partial charge in [-0.25, -0.2) is 0 Å². The summed E-state index contributed by atoms with van der Waals surface area (Å²) >= 11 is 8.70. The van der Waals surface area contributed by atoms with Gasteiger partial charge in [0, 0.05) is 22.8 Å². The van der Waals surface area contributed by atoms with Crippen LogP contribution in [0.15, 0.2) is 107 Å². The number of aliphatic hydroxyl groups is 1. The van der Waals surface area contributed by atoms with E-state index in [-0.39, 0.29) is 22.6 Å². The first-order valence-corrected chi connectivity index (χ1v) is 17.1. The highest BCUT2D eigenvalue weighted by Gasteiger charge is 2.48. The summed E-state index contributed by atoms with van der Waals surface area (Å²) in [5, 5.41) is 21.3. The lowest BCUT2D eigenvalue weighted by atomic mass is 9.94. The van der Waals surface area contributed by atoms with Gasteiger partial charge in [0.1, 0.15) is 30.0 Å². The highest BCUT2D eigenvalue weighted by atomic mass is 35.5. The Labute approximate surface area is 284 Å². The minimum absolute atomic E-state index is 0.00997. The average molecular weight is 682 g/mol. The predicted molar refractivity (Wildman–Crippen MR) is 183 cm³/mol. The van der Waals surface area contributed by atoms with Crippen LogP contribution in [0.4, 0.5) is 5.13 Å². The van der Waals surface area contributed by atoms with Crippen LogP contribution < -0.4 is 14.4 Å². The SMILES string of the molecule is C[C@@H]1Cc2cc(/C(O)=C3\C(=O)C(=O)N(c4nnc(SCc5ccc(Cl)cc5)s4)[C@@H]3c3cccc(OCc4ccccc4)c3)ccc2O1. The number of Topliss-reactive ketones (excluding diaryl/α,β-unsaturated/α-hetero) is 1. The number of carbonyl (C=O) groups is 2. The number of hydrogen-bond acceptors (Lipinski definition) is 9. The van der Waals surface area contributed by atoms with Crippen LogP contribution in [0.3, 0.4) is 0 Å². The van der Waals surface area contributed by atoms with Crippen molar-refractivity contribution >= 4 is 57.3 Å². The number of rotatable bonds is 9. The zero-order valence-electron chi connectivity index (χ0n) is 25.1. The zero-order valence-corrected chi connectivity index (χ0v) is 27.5. The Morgan fingerprint density at radius 2 is 1.81 bits per heavy atom. The number of anilines is 1. The molecule has 2 aliphatic heterocycles. The molecule has 0 radical (unpaired) electrons. The average Bonchev–Trinajstić information content (AvgIpc) is 3.78. The molecule has 1 aromatic heterocycles. The number of carbonyl (C=O) groups excluding carboxylic acids is 2. The van der Waals surface area contributed by atoms with Gasteiger partial charge in [-0.2, -0.15) is 0 Å². The number of nitrogens with zero attached hydrogens (tertiary/aromatic N) is 3. The molecule has 11 heteroatoms. The lowest BCUT2D eigenvalue weighted by Gasteiger charge is -2.23. The van der Waals surface area contributed by atoms with E-state index in [2.05, 4.69) is 10.2 Å². The Bertz CT molecular complexity index is 2000. The maximum Gasteiger partial charge on any atom is 0.301 e. The molecule has 0 aliphatic carbocycles. The van der Waals surface area contributed by atoms with Gasteiger partial charge < -0.3 is 14.6 Å². The molecule has 47 heavy (non-hydrogen) atoms. The van der Waals surface area contributed by atoms with Crippen molar-refractivity contribution in [2.45, 2.75) is 42.2 Å².